The van der Waals surface area contributed by atoms with E-state index in [1.807, 2.05) is 9.80 Å². The molecule has 0 amide bonds. The minimum atomic E-state index is -4.65. The highest BCUT2D eigenvalue weighted by Crippen LogP contribution is 2.45. The molecule has 2 aromatic carbocycles. The summed E-state index contributed by atoms with van der Waals surface area (Å²) in [4.78, 5) is 30.3. The number of hydrogen-bond donors (Lipinski definition) is 0. The van der Waals surface area contributed by atoms with Crippen molar-refractivity contribution < 1.29 is 57.4 Å². The van der Waals surface area contributed by atoms with Crippen molar-refractivity contribution in [3.63, 3.8) is 0 Å². The summed E-state index contributed by atoms with van der Waals surface area (Å²) in [6.45, 7) is 1.52. The van der Waals surface area contributed by atoms with E-state index in [9.17, 15) is 43.2 Å². The average Bonchev–Trinajstić information content (AvgIpc) is 4.00. The number of ether oxygens (including phenoxy) is 2. The Morgan fingerprint density at radius 1 is 0.559 bits per heavy atom. The lowest BCUT2D eigenvalue weighted by Gasteiger charge is -2.38. The number of alkyl halides is 6. The van der Waals surface area contributed by atoms with Gasteiger partial charge >= 0.3 is 12.4 Å². The van der Waals surface area contributed by atoms with Crippen molar-refractivity contribution >= 4 is 71.7 Å². The zero-order valence-electron chi connectivity index (χ0n) is 37.0. The third-order valence-electron chi connectivity index (χ3n) is 12.7. The highest BCUT2D eigenvalue weighted by Gasteiger charge is 2.37. The number of benzene rings is 2. The maximum Gasteiger partial charge on any atom is 0.417 e. The van der Waals surface area contributed by atoms with Crippen LogP contribution < -0.4 is 29.1 Å². The predicted octanol–water partition coefficient (Wildman–Crippen LogP) is 9.16. The molecule has 0 unspecified atom stereocenters. The fourth-order valence-electron chi connectivity index (χ4n) is 9.10. The number of rotatable bonds is 12. The van der Waals surface area contributed by atoms with Gasteiger partial charge in [-0.25, -0.2) is 26.8 Å². The van der Waals surface area contributed by atoms with Crippen LogP contribution in [0.15, 0.2) is 58.6 Å². The Kier molecular flexibility index (Phi) is 14.0. The summed E-state index contributed by atoms with van der Waals surface area (Å²) in [5.74, 6) is -0.314. The van der Waals surface area contributed by atoms with Crippen LogP contribution in [0.4, 0.5) is 49.4 Å². The Hall–Kier alpha value is -4.73. The number of carbonyl (C=O) groups is 1. The van der Waals surface area contributed by atoms with Gasteiger partial charge in [-0.2, -0.15) is 26.3 Å². The molecule has 0 spiro atoms. The summed E-state index contributed by atoms with van der Waals surface area (Å²) in [6, 6.07) is 6.95. The van der Waals surface area contributed by atoms with E-state index in [2.05, 4.69) is 9.97 Å². The summed E-state index contributed by atoms with van der Waals surface area (Å²) in [5.41, 5.74) is -1.74. The molecule has 2 aliphatic heterocycles. The monoisotopic (exact) mass is 1030 g/mol. The number of carbonyl (C=O) groups excluding carboxylic acids is 1. The van der Waals surface area contributed by atoms with E-state index in [-0.39, 0.29) is 130 Å². The third kappa shape index (κ3) is 10.8. The molecule has 68 heavy (non-hydrogen) atoms. The van der Waals surface area contributed by atoms with Gasteiger partial charge in [-0.3, -0.25) is 4.79 Å². The molecular weight excluding hydrogens is 986 g/mol. The fourth-order valence-corrected chi connectivity index (χ4v) is 11.0. The topological polar surface area (TPSA) is 143 Å². The SMILES string of the molecule is CS(=O)(=O)c1cc(C(=O)c2cc(S(C)(=O)=O)cc(N3CCN(c4ncc(C(F)(F)F)cc4Cl)CC3)c2OC2CCCC2)c(OC2CCCC2)c(N2CCN(c3ncc(C(F)(F)F)cc3Cl)CC2)c1. The molecule has 13 nitrogen and oxygen atoms in total. The number of sulfone groups is 2. The summed E-state index contributed by atoms with van der Waals surface area (Å²) < 4.78 is 148. The molecule has 4 fully saturated rings. The molecule has 2 aromatic heterocycles. The lowest BCUT2D eigenvalue weighted by Crippen LogP contribution is -2.47. The second kappa shape index (κ2) is 19.2. The van der Waals surface area contributed by atoms with Crippen LogP contribution in [0.1, 0.15) is 78.4 Å². The first-order valence-electron chi connectivity index (χ1n) is 22.0. The summed E-state index contributed by atoms with van der Waals surface area (Å²) in [5, 5.41) is -0.390. The number of pyridine rings is 2. The zero-order chi connectivity index (χ0) is 48.9. The molecular formula is C45H48Cl2F6N6O7S2. The smallest absolute Gasteiger partial charge is 0.417 e. The lowest BCUT2D eigenvalue weighted by atomic mass is 9.98. The van der Waals surface area contributed by atoms with Crippen molar-refractivity contribution in [2.24, 2.45) is 0 Å². The van der Waals surface area contributed by atoms with Crippen molar-refractivity contribution in [2.45, 2.75) is 85.7 Å². The molecule has 2 aliphatic carbocycles. The van der Waals surface area contributed by atoms with Gasteiger partial charge in [-0.1, -0.05) is 23.2 Å². The van der Waals surface area contributed by atoms with Gasteiger partial charge in [0.2, 0.25) is 5.78 Å². The number of piperazine rings is 2. The molecule has 23 heteroatoms. The largest absolute Gasteiger partial charge is 0.487 e. The Bertz CT molecular complexity index is 2610. The number of anilines is 4. The van der Waals surface area contributed by atoms with Crippen LogP contribution in [0.3, 0.4) is 0 Å². The minimum absolute atomic E-state index is 0.0843. The molecule has 8 rings (SSSR count). The van der Waals surface area contributed by atoms with E-state index in [0.29, 0.717) is 38.1 Å². The molecule has 0 radical (unpaired) electrons. The van der Waals surface area contributed by atoms with E-state index >= 15 is 4.79 Å². The van der Waals surface area contributed by atoms with Crippen LogP contribution in [0.5, 0.6) is 11.5 Å². The maximum absolute atomic E-state index is 15.6. The zero-order valence-corrected chi connectivity index (χ0v) is 40.1. The summed E-state index contributed by atoms with van der Waals surface area (Å²) in [6.07, 6.45) is -0.610. The number of hydrogen-bond acceptors (Lipinski definition) is 13. The van der Waals surface area contributed by atoms with E-state index in [0.717, 1.165) is 50.3 Å². The van der Waals surface area contributed by atoms with Gasteiger partial charge in [0.05, 0.1) is 65.7 Å². The van der Waals surface area contributed by atoms with Gasteiger partial charge in [0.15, 0.2) is 31.2 Å². The van der Waals surface area contributed by atoms with Crippen molar-refractivity contribution in [3.8, 4) is 11.5 Å². The fraction of sp³-hybridized carbons (Fsp3) is 0.489. The van der Waals surface area contributed by atoms with Gasteiger partial charge in [-0.15, -0.1) is 0 Å². The molecule has 4 heterocycles. The van der Waals surface area contributed by atoms with E-state index in [1.165, 1.54) is 24.3 Å². The number of aromatic nitrogens is 2. The second-order valence-corrected chi connectivity index (χ2v) is 22.4. The lowest BCUT2D eigenvalue weighted by molar-refractivity contribution is -0.138. The average molecular weight is 1030 g/mol. The first kappa shape index (κ1) is 49.7. The highest BCUT2D eigenvalue weighted by atomic mass is 35.5. The van der Waals surface area contributed by atoms with Crippen LogP contribution in [-0.2, 0) is 32.0 Å². The number of halogens is 8. The van der Waals surface area contributed by atoms with Crippen molar-refractivity contribution in [3.05, 3.63) is 81.1 Å². The highest BCUT2D eigenvalue weighted by molar-refractivity contribution is 7.91. The van der Waals surface area contributed by atoms with Gasteiger partial charge in [0.25, 0.3) is 0 Å². The van der Waals surface area contributed by atoms with E-state index < -0.39 is 48.9 Å². The van der Waals surface area contributed by atoms with Crippen LogP contribution in [0, 0.1) is 0 Å². The van der Waals surface area contributed by atoms with E-state index in [4.69, 9.17) is 32.7 Å². The van der Waals surface area contributed by atoms with Gasteiger partial charge < -0.3 is 29.1 Å². The summed E-state index contributed by atoms with van der Waals surface area (Å²) in [7, 11) is -8.05. The molecule has 0 bridgehead atoms. The molecule has 0 N–H and O–H groups in total. The van der Waals surface area contributed by atoms with Crippen molar-refractivity contribution in [1.82, 2.24) is 9.97 Å². The van der Waals surface area contributed by atoms with Crippen LogP contribution >= 0.6 is 23.2 Å². The molecule has 0 atom stereocenters. The van der Waals surface area contributed by atoms with Gasteiger partial charge in [-0.05, 0) is 87.8 Å². The van der Waals surface area contributed by atoms with Crippen molar-refractivity contribution in [1.29, 1.82) is 0 Å². The van der Waals surface area contributed by atoms with Crippen LogP contribution in [0.25, 0.3) is 0 Å². The van der Waals surface area contributed by atoms with Crippen LogP contribution in [0.2, 0.25) is 10.0 Å². The first-order valence-corrected chi connectivity index (χ1v) is 26.6. The van der Waals surface area contributed by atoms with Crippen molar-refractivity contribution in [2.75, 3.05) is 84.5 Å². The molecule has 4 aliphatic rings. The Balaban J connectivity index is 1.21. The van der Waals surface area contributed by atoms with Crippen LogP contribution in [-0.4, -0.2) is 110 Å². The third-order valence-corrected chi connectivity index (χ3v) is 15.5. The quantitative estimate of drug-likeness (QED) is 0.0985. The molecule has 2 saturated heterocycles. The number of nitrogens with zero attached hydrogens (tertiary/aromatic N) is 6. The Morgan fingerprint density at radius 3 is 1.18 bits per heavy atom. The molecule has 2 saturated carbocycles. The minimum Gasteiger partial charge on any atom is -0.487 e. The molecule has 368 valence electrons. The second-order valence-electron chi connectivity index (χ2n) is 17.6. The molecule has 4 aromatic rings. The standard InChI is InChI=1S/C45H48Cl2F6N6O7S2/c1-67(61,62)31-21-33(40(65-29-7-3-4-8-29)37(23-31)56-11-15-58(16-12-56)42-35(46)19-27(25-54-42)44(48,49)50)39(60)34-22-32(68(2,63)64)24-38(41(34)66-30-9-5-6-10-30)57-13-17-59(18-14-57)43-36(47)20-28(26-55-43)45(51,52)53/h19-26,29-30H,3-18H2,1-2H3. The summed E-state index contributed by atoms with van der Waals surface area (Å²) >= 11 is 12.6. The Labute approximate surface area is 400 Å². The normalized spacial score (nSPS) is 18.1. The number of ketones is 1. The van der Waals surface area contributed by atoms with E-state index in [1.54, 1.807) is 9.80 Å². The van der Waals surface area contributed by atoms with Gasteiger partial charge in [0, 0.05) is 77.3 Å². The maximum atomic E-state index is 15.6. The first-order chi connectivity index (χ1) is 32.0. The Morgan fingerprint density at radius 2 is 0.882 bits per heavy atom. The van der Waals surface area contributed by atoms with Gasteiger partial charge in [0.1, 0.15) is 11.6 Å². The predicted molar refractivity (Wildman–Crippen MR) is 246 cm³/mol.